The average Bonchev–Trinajstić information content (AvgIpc) is 2.69. The van der Waals surface area contributed by atoms with Crippen molar-refractivity contribution < 1.29 is 19.1 Å². The first kappa shape index (κ1) is 19.9. The Morgan fingerprint density at radius 3 is 2.68 bits per heavy atom. The van der Waals surface area contributed by atoms with Crippen LogP contribution in [0.25, 0.3) is 0 Å². The molecule has 1 amide bonds. The number of rotatable bonds is 6. The van der Waals surface area contributed by atoms with Crippen LogP contribution in [0.15, 0.2) is 36.4 Å². The maximum atomic E-state index is 12.6. The minimum absolute atomic E-state index is 0.222. The topological polar surface area (TPSA) is 64.6 Å². The third-order valence-electron chi connectivity index (χ3n) is 5.02. The van der Waals surface area contributed by atoms with Crippen molar-refractivity contribution in [3.63, 3.8) is 0 Å². The van der Waals surface area contributed by atoms with E-state index in [0.717, 1.165) is 30.6 Å². The number of amides is 1. The van der Waals surface area contributed by atoms with Crippen LogP contribution in [0.3, 0.4) is 0 Å². The van der Waals surface area contributed by atoms with E-state index in [-0.39, 0.29) is 11.9 Å². The fourth-order valence-corrected chi connectivity index (χ4v) is 3.48. The lowest BCUT2D eigenvalue weighted by Crippen LogP contribution is -2.31. The van der Waals surface area contributed by atoms with Crippen LogP contribution in [-0.2, 0) is 22.4 Å². The van der Waals surface area contributed by atoms with Crippen LogP contribution in [0.5, 0.6) is 5.75 Å². The summed E-state index contributed by atoms with van der Waals surface area (Å²) in [5.74, 6) is 0.212. The Labute approximate surface area is 166 Å². The molecule has 0 bridgehead atoms. The summed E-state index contributed by atoms with van der Waals surface area (Å²) in [4.78, 5) is 24.5. The summed E-state index contributed by atoms with van der Waals surface area (Å²) >= 11 is 0. The minimum Gasteiger partial charge on any atom is -0.481 e. The van der Waals surface area contributed by atoms with E-state index in [1.165, 1.54) is 17.5 Å². The molecule has 148 valence electrons. The first-order valence-corrected chi connectivity index (χ1v) is 9.85. The molecule has 5 nitrogen and oxygen atoms in total. The second-order valence-electron chi connectivity index (χ2n) is 7.10. The van der Waals surface area contributed by atoms with Gasteiger partial charge in [-0.05, 0) is 87.4 Å². The highest BCUT2D eigenvalue weighted by molar-refractivity contribution is 5.96. The van der Waals surface area contributed by atoms with Gasteiger partial charge in [0.05, 0.1) is 12.2 Å². The highest BCUT2D eigenvalue weighted by Gasteiger charge is 2.20. The summed E-state index contributed by atoms with van der Waals surface area (Å²) < 4.78 is 11.0. The van der Waals surface area contributed by atoms with Crippen LogP contribution in [0.4, 0.5) is 5.69 Å². The van der Waals surface area contributed by atoms with Crippen molar-refractivity contribution in [1.82, 2.24) is 0 Å². The van der Waals surface area contributed by atoms with E-state index in [2.05, 4.69) is 11.4 Å². The van der Waals surface area contributed by atoms with E-state index in [1.54, 1.807) is 32.0 Å². The molecule has 0 saturated heterocycles. The Morgan fingerprint density at radius 2 is 1.93 bits per heavy atom. The van der Waals surface area contributed by atoms with Crippen LogP contribution < -0.4 is 10.1 Å². The monoisotopic (exact) mass is 381 g/mol. The Balaban J connectivity index is 1.67. The largest absolute Gasteiger partial charge is 0.481 e. The number of hydrogen-bond donors (Lipinski definition) is 1. The average molecular weight is 381 g/mol. The molecule has 1 aliphatic rings. The quantitative estimate of drug-likeness (QED) is 0.751. The van der Waals surface area contributed by atoms with Crippen molar-refractivity contribution in [3.8, 4) is 5.75 Å². The highest BCUT2D eigenvalue weighted by atomic mass is 16.5. The Hall–Kier alpha value is -2.82. The summed E-state index contributed by atoms with van der Waals surface area (Å²) in [6.07, 6.45) is 3.79. The molecule has 2 aromatic carbocycles. The Morgan fingerprint density at radius 1 is 1.14 bits per heavy atom. The molecule has 0 heterocycles. The second kappa shape index (κ2) is 8.91. The number of hydrogen-bond acceptors (Lipinski definition) is 4. The van der Waals surface area contributed by atoms with Crippen LogP contribution in [0.1, 0.15) is 53.7 Å². The van der Waals surface area contributed by atoms with Gasteiger partial charge in [-0.25, -0.2) is 4.79 Å². The standard InChI is InChI=1S/C23H27NO4/c1-4-27-23(26)18-12-13-20(15(2)14-18)24-22(25)16(3)28-21-11-7-9-17-8-5-6-10-19(17)21/h7,9,11-14,16H,4-6,8,10H2,1-3H3,(H,24,25)/t16-/m0/s1. The van der Waals surface area contributed by atoms with Gasteiger partial charge in [0, 0.05) is 5.69 Å². The van der Waals surface area contributed by atoms with Gasteiger partial charge < -0.3 is 14.8 Å². The summed E-state index contributed by atoms with van der Waals surface area (Å²) in [7, 11) is 0. The lowest BCUT2D eigenvalue weighted by atomic mass is 9.91. The number of benzene rings is 2. The van der Waals surface area contributed by atoms with E-state index in [1.807, 2.05) is 19.1 Å². The van der Waals surface area contributed by atoms with Gasteiger partial charge in [0.2, 0.25) is 0 Å². The van der Waals surface area contributed by atoms with Gasteiger partial charge >= 0.3 is 5.97 Å². The number of anilines is 1. The van der Waals surface area contributed by atoms with Crippen molar-refractivity contribution >= 4 is 17.6 Å². The zero-order valence-electron chi connectivity index (χ0n) is 16.7. The molecule has 1 aliphatic carbocycles. The molecule has 0 saturated carbocycles. The molecule has 2 aromatic rings. The maximum absolute atomic E-state index is 12.6. The van der Waals surface area contributed by atoms with Crippen LogP contribution >= 0.6 is 0 Å². The number of nitrogens with one attached hydrogen (secondary N) is 1. The normalized spacial score (nSPS) is 14.0. The molecule has 5 heteroatoms. The number of esters is 1. The lowest BCUT2D eigenvalue weighted by molar-refractivity contribution is -0.122. The SMILES string of the molecule is CCOC(=O)c1ccc(NC(=O)[C@H](C)Oc2cccc3c2CCCC3)c(C)c1. The number of ether oxygens (including phenoxy) is 2. The van der Waals surface area contributed by atoms with Crippen molar-refractivity contribution in [2.24, 2.45) is 0 Å². The first-order chi connectivity index (χ1) is 13.5. The molecule has 0 aliphatic heterocycles. The second-order valence-corrected chi connectivity index (χ2v) is 7.10. The van der Waals surface area contributed by atoms with Gasteiger partial charge in [0.1, 0.15) is 5.75 Å². The van der Waals surface area contributed by atoms with E-state index < -0.39 is 6.10 Å². The van der Waals surface area contributed by atoms with Crippen LogP contribution in [-0.4, -0.2) is 24.6 Å². The maximum Gasteiger partial charge on any atom is 0.338 e. The van der Waals surface area contributed by atoms with Gasteiger partial charge in [0.15, 0.2) is 6.10 Å². The molecular formula is C23H27NO4. The molecule has 0 aromatic heterocycles. The van der Waals surface area contributed by atoms with Gasteiger partial charge in [-0.1, -0.05) is 12.1 Å². The van der Waals surface area contributed by atoms with Crippen LogP contribution in [0, 0.1) is 6.92 Å². The van der Waals surface area contributed by atoms with Gasteiger partial charge in [-0.2, -0.15) is 0 Å². The fraction of sp³-hybridized carbons (Fsp3) is 0.391. The van der Waals surface area contributed by atoms with Gasteiger partial charge in [-0.3, -0.25) is 4.79 Å². The molecular weight excluding hydrogens is 354 g/mol. The van der Waals surface area contributed by atoms with E-state index in [4.69, 9.17) is 9.47 Å². The summed E-state index contributed by atoms with van der Waals surface area (Å²) in [5.41, 5.74) is 4.47. The van der Waals surface area contributed by atoms with E-state index in [9.17, 15) is 9.59 Å². The predicted molar refractivity (Wildman–Crippen MR) is 109 cm³/mol. The summed E-state index contributed by atoms with van der Waals surface area (Å²) in [6, 6.07) is 11.2. The number of aryl methyl sites for hydroxylation is 2. The van der Waals surface area contributed by atoms with E-state index in [0.29, 0.717) is 17.9 Å². The zero-order chi connectivity index (χ0) is 20.1. The third kappa shape index (κ3) is 4.53. The molecule has 1 atom stereocenters. The van der Waals surface area contributed by atoms with Crippen molar-refractivity contribution in [2.75, 3.05) is 11.9 Å². The molecule has 28 heavy (non-hydrogen) atoms. The van der Waals surface area contributed by atoms with Crippen molar-refractivity contribution in [3.05, 3.63) is 58.7 Å². The molecule has 0 fully saturated rings. The number of carbonyl (C=O) groups excluding carboxylic acids is 2. The Bertz CT molecular complexity index is 875. The fourth-order valence-electron chi connectivity index (χ4n) is 3.48. The third-order valence-corrected chi connectivity index (χ3v) is 5.02. The predicted octanol–water partition coefficient (Wildman–Crippen LogP) is 4.46. The number of fused-ring (bicyclic) bond motifs is 1. The van der Waals surface area contributed by atoms with E-state index >= 15 is 0 Å². The molecule has 1 N–H and O–H groups in total. The van der Waals surface area contributed by atoms with Crippen molar-refractivity contribution in [2.45, 2.75) is 52.6 Å². The minimum atomic E-state index is -0.627. The Kier molecular flexibility index (Phi) is 6.34. The smallest absolute Gasteiger partial charge is 0.338 e. The van der Waals surface area contributed by atoms with Crippen LogP contribution in [0.2, 0.25) is 0 Å². The zero-order valence-corrected chi connectivity index (χ0v) is 16.7. The summed E-state index contributed by atoms with van der Waals surface area (Å²) in [5, 5.41) is 2.89. The highest BCUT2D eigenvalue weighted by Crippen LogP contribution is 2.30. The van der Waals surface area contributed by atoms with Gasteiger partial charge in [-0.15, -0.1) is 0 Å². The lowest BCUT2D eigenvalue weighted by Gasteiger charge is -2.22. The molecule has 0 unspecified atom stereocenters. The first-order valence-electron chi connectivity index (χ1n) is 9.85. The molecule has 3 rings (SSSR count). The van der Waals surface area contributed by atoms with Gasteiger partial charge in [0.25, 0.3) is 5.91 Å². The summed E-state index contributed by atoms with van der Waals surface area (Å²) in [6.45, 7) is 5.69. The molecule has 0 radical (unpaired) electrons. The van der Waals surface area contributed by atoms with Crippen molar-refractivity contribution in [1.29, 1.82) is 0 Å². The molecule has 0 spiro atoms. The number of carbonyl (C=O) groups is 2.